The van der Waals surface area contributed by atoms with Gasteiger partial charge in [0, 0.05) is 6.42 Å². The molecule has 0 bridgehead atoms. The van der Waals surface area contributed by atoms with E-state index in [-0.39, 0.29) is 5.88 Å². The van der Waals surface area contributed by atoms with Crippen molar-refractivity contribution in [2.24, 2.45) is 5.73 Å². The second-order valence-electron chi connectivity index (χ2n) is 1.75. The Morgan fingerprint density at radius 3 is 3.00 bits per heavy atom. The van der Waals surface area contributed by atoms with Gasteiger partial charge in [0.1, 0.15) is 5.82 Å². The third-order valence-electron chi connectivity index (χ3n) is 0.996. The molecule has 4 nitrogen and oxygen atoms in total. The molecule has 0 fully saturated rings. The Bertz CT molecular complexity index is 184. The van der Waals surface area contributed by atoms with Crippen LogP contribution in [0, 0.1) is 0 Å². The number of nitrogens with one attached hydrogen (secondary N) is 1. The highest BCUT2D eigenvalue weighted by Gasteiger charge is 1.94. The molecule has 0 aliphatic rings. The highest BCUT2D eigenvalue weighted by atomic mass is 16.3. The molecule has 0 spiro atoms. The van der Waals surface area contributed by atoms with Crippen molar-refractivity contribution in [2.75, 3.05) is 6.54 Å². The van der Waals surface area contributed by atoms with Gasteiger partial charge < -0.3 is 15.8 Å². The molecule has 0 atom stereocenters. The van der Waals surface area contributed by atoms with Gasteiger partial charge in [0.15, 0.2) is 0 Å². The number of aromatic amines is 1. The Morgan fingerprint density at radius 2 is 2.56 bits per heavy atom. The molecule has 9 heavy (non-hydrogen) atoms. The summed E-state index contributed by atoms with van der Waals surface area (Å²) >= 11 is 0. The van der Waals surface area contributed by atoms with Crippen LogP contribution in [-0.2, 0) is 6.42 Å². The number of aromatic nitrogens is 2. The first kappa shape index (κ1) is 6.10. The van der Waals surface area contributed by atoms with E-state index in [1.54, 1.807) is 0 Å². The van der Waals surface area contributed by atoms with Crippen molar-refractivity contribution < 1.29 is 5.11 Å². The van der Waals surface area contributed by atoms with Gasteiger partial charge in [-0.1, -0.05) is 0 Å². The average Bonchev–Trinajstić information content (AvgIpc) is 2.17. The van der Waals surface area contributed by atoms with E-state index in [9.17, 15) is 0 Å². The van der Waals surface area contributed by atoms with Crippen LogP contribution in [0.15, 0.2) is 6.20 Å². The number of hydrogen-bond donors (Lipinski definition) is 3. The minimum atomic E-state index is 0.0958. The fraction of sp³-hybridized carbons (Fsp3) is 0.400. The van der Waals surface area contributed by atoms with Crippen molar-refractivity contribution in [3.05, 3.63) is 12.0 Å². The Hall–Kier alpha value is -1.03. The molecular weight excluding hydrogens is 118 g/mol. The fourth-order valence-corrected chi connectivity index (χ4v) is 0.615. The summed E-state index contributed by atoms with van der Waals surface area (Å²) in [6, 6.07) is 0. The van der Waals surface area contributed by atoms with Gasteiger partial charge in [-0.25, -0.2) is 4.98 Å². The maximum Gasteiger partial charge on any atom is 0.208 e. The van der Waals surface area contributed by atoms with Gasteiger partial charge in [-0.3, -0.25) is 0 Å². The van der Waals surface area contributed by atoms with Gasteiger partial charge in [0.05, 0.1) is 6.20 Å². The lowest BCUT2D eigenvalue weighted by Gasteiger charge is -1.87. The normalized spacial score (nSPS) is 9.89. The second kappa shape index (κ2) is 2.50. The van der Waals surface area contributed by atoms with Gasteiger partial charge in [-0.15, -0.1) is 0 Å². The van der Waals surface area contributed by atoms with Gasteiger partial charge in [-0.2, -0.15) is 0 Å². The number of nitrogens with zero attached hydrogens (tertiary/aromatic N) is 1. The van der Waals surface area contributed by atoms with E-state index in [0.717, 1.165) is 5.82 Å². The molecule has 50 valence electrons. The van der Waals surface area contributed by atoms with E-state index in [0.29, 0.717) is 13.0 Å². The van der Waals surface area contributed by atoms with Crippen molar-refractivity contribution in [1.82, 2.24) is 9.97 Å². The third kappa shape index (κ3) is 1.43. The van der Waals surface area contributed by atoms with Crippen LogP contribution < -0.4 is 5.73 Å². The van der Waals surface area contributed by atoms with Crippen molar-refractivity contribution in [1.29, 1.82) is 0 Å². The molecule has 1 rings (SSSR count). The zero-order valence-corrected chi connectivity index (χ0v) is 4.96. The topological polar surface area (TPSA) is 74.9 Å². The molecule has 0 aromatic carbocycles. The van der Waals surface area contributed by atoms with E-state index in [1.165, 1.54) is 6.20 Å². The van der Waals surface area contributed by atoms with Crippen LogP contribution in [0.2, 0.25) is 0 Å². The number of rotatable bonds is 2. The molecule has 1 aromatic rings. The zero-order valence-electron chi connectivity index (χ0n) is 4.96. The summed E-state index contributed by atoms with van der Waals surface area (Å²) in [5, 5.41) is 8.72. The number of aromatic hydroxyl groups is 1. The van der Waals surface area contributed by atoms with E-state index < -0.39 is 0 Å². The molecule has 0 amide bonds. The summed E-state index contributed by atoms with van der Waals surface area (Å²) in [5.41, 5.74) is 5.23. The molecule has 1 heterocycles. The third-order valence-corrected chi connectivity index (χ3v) is 0.996. The SMILES string of the molecule is NCCc1ncc(O)[nH]1. The number of hydrogen-bond acceptors (Lipinski definition) is 3. The first-order valence-corrected chi connectivity index (χ1v) is 2.76. The first-order valence-electron chi connectivity index (χ1n) is 2.76. The summed E-state index contributed by atoms with van der Waals surface area (Å²) in [5.74, 6) is 0.827. The Morgan fingerprint density at radius 1 is 1.78 bits per heavy atom. The molecule has 0 radical (unpaired) electrons. The Labute approximate surface area is 52.7 Å². The largest absolute Gasteiger partial charge is 0.493 e. The van der Waals surface area contributed by atoms with E-state index in [1.807, 2.05) is 0 Å². The van der Waals surface area contributed by atoms with Gasteiger partial charge in [0.2, 0.25) is 5.88 Å². The highest BCUT2D eigenvalue weighted by Crippen LogP contribution is 2.01. The summed E-state index contributed by atoms with van der Waals surface area (Å²) in [7, 11) is 0. The quantitative estimate of drug-likeness (QED) is 0.506. The molecule has 0 saturated heterocycles. The van der Waals surface area contributed by atoms with Crippen LogP contribution in [0.1, 0.15) is 5.82 Å². The zero-order chi connectivity index (χ0) is 6.69. The average molecular weight is 127 g/mol. The smallest absolute Gasteiger partial charge is 0.208 e. The summed E-state index contributed by atoms with van der Waals surface area (Å²) in [6.45, 7) is 0.549. The predicted molar refractivity (Wildman–Crippen MR) is 33.0 cm³/mol. The molecule has 4 heteroatoms. The summed E-state index contributed by atoms with van der Waals surface area (Å²) in [6.07, 6.45) is 2.05. The Kier molecular flexibility index (Phi) is 1.69. The van der Waals surface area contributed by atoms with Crippen LogP contribution in [0.4, 0.5) is 0 Å². The maximum atomic E-state index is 8.72. The molecule has 0 aliphatic carbocycles. The van der Waals surface area contributed by atoms with Crippen molar-refractivity contribution in [3.8, 4) is 5.88 Å². The molecule has 0 aliphatic heterocycles. The van der Waals surface area contributed by atoms with Crippen LogP contribution in [0.25, 0.3) is 0 Å². The monoisotopic (exact) mass is 127 g/mol. The van der Waals surface area contributed by atoms with Crippen LogP contribution >= 0.6 is 0 Å². The molecule has 0 saturated carbocycles. The molecule has 0 unspecified atom stereocenters. The van der Waals surface area contributed by atoms with Crippen LogP contribution in [-0.4, -0.2) is 21.6 Å². The van der Waals surface area contributed by atoms with Gasteiger partial charge in [0.25, 0.3) is 0 Å². The lowest BCUT2D eigenvalue weighted by atomic mass is 10.4. The number of H-pyrrole nitrogens is 1. The fourth-order valence-electron chi connectivity index (χ4n) is 0.615. The molecule has 4 N–H and O–H groups in total. The summed E-state index contributed by atoms with van der Waals surface area (Å²) in [4.78, 5) is 6.46. The van der Waals surface area contributed by atoms with Crippen molar-refractivity contribution in [2.45, 2.75) is 6.42 Å². The van der Waals surface area contributed by atoms with Gasteiger partial charge in [-0.05, 0) is 6.54 Å². The lowest BCUT2D eigenvalue weighted by molar-refractivity contribution is 0.455. The van der Waals surface area contributed by atoms with E-state index >= 15 is 0 Å². The number of nitrogens with two attached hydrogens (primary N) is 1. The predicted octanol–water partition coefficient (Wildman–Crippen LogP) is -0.384. The summed E-state index contributed by atoms with van der Waals surface area (Å²) < 4.78 is 0. The molecule has 1 aromatic heterocycles. The first-order chi connectivity index (χ1) is 4.33. The lowest BCUT2D eigenvalue weighted by Crippen LogP contribution is -2.03. The highest BCUT2D eigenvalue weighted by molar-refractivity contribution is 5.04. The van der Waals surface area contributed by atoms with Crippen LogP contribution in [0.5, 0.6) is 5.88 Å². The Balaban J connectivity index is 2.61. The molecular formula is C5H9N3O. The van der Waals surface area contributed by atoms with Crippen LogP contribution in [0.3, 0.4) is 0 Å². The minimum Gasteiger partial charge on any atom is -0.493 e. The minimum absolute atomic E-state index is 0.0958. The standard InChI is InChI=1S/C5H9N3O/c6-2-1-4-7-3-5(9)8-4/h3,9H,1-2,6H2,(H,7,8). The van der Waals surface area contributed by atoms with Crippen molar-refractivity contribution >= 4 is 0 Å². The van der Waals surface area contributed by atoms with E-state index in [4.69, 9.17) is 10.8 Å². The number of imidazole rings is 1. The second-order valence-corrected chi connectivity index (χ2v) is 1.75. The van der Waals surface area contributed by atoms with E-state index in [2.05, 4.69) is 9.97 Å². The van der Waals surface area contributed by atoms with Crippen molar-refractivity contribution in [3.63, 3.8) is 0 Å². The van der Waals surface area contributed by atoms with Gasteiger partial charge >= 0.3 is 0 Å². The maximum absolute atomic E-state index is 8.72.